The normalized spacial score (nSPS) is 22.4. The standard InChI is InChI=1S/C10H20N/c1-3-7-11-8-5-10(4-2)6-9-11/h10H,2-9H2,1H3. The largest absolute Gasteiger partial charge is 0.303 e. The van der Waals surface area contributed by atoms with Crippen molar-refractivity contribution in [2.75, 3.05) is 19.6 Å². The fourth-order valence-corrected chi connectivity index (χ4v) is 1.81. The number of rotatable bonds is 3. The second-order valence-electron chi connectivity index (χ2n) is 3.57. The van der Waals surface area contributed by atoms with Crippen LogP contribution in [-0.4, -0.2) is 24.5 Å². The zero-order chi connectivity index (χ0) is 8.10. The van der Waals surface area contributed by atoms with E-state index in [9.17, 15) is 0 Å². The minimum atomic E-state index is 0.920. The molecule has 0 aromatic heterocycles. The molecule has 11 heavy (non-hydrogen) atoms. The zero-order valence-corrected chi connectivity index (χ0v) is 7.68. The molecule has 0 saturated carbocycles. The molecule has 0 bridgehead atoms. The molecule has 0 aliphatic carbocycles. The van der Waals surface area contributed by atoms with E-state index in [1.165, 1.54) is 38.9 Å². The van der Waals surface area contributed by atoms with Gasteiger partial charge in [-0.1, -0.05) is 20.3 Å². The predicted octanol–water partition coefficient (Wildman–Crippen LogP) is 2.33. The molecule has 0 aromatic rings. The lowest BCUT2D eigenvalue weighted by Crippen LogP contribution is -2.33. The van der Waals surface area contributed by atoms with Gasteiger partial charge in [0.2, 0.25) is 0 Å². The van der Waals surface area contributed by atoms with Crippen LogP contribution >= 0.6 is 0 Å². The van der Waals surface area contributed by atoms with Crippen molar-refractivity contribution in [1.29, 1.82) is 0 Å². The molecule has 1 heterocycles. The molecular formula is C10H20N. The average Bonchev–Trinajstić information content (AvgIpc) is 2.07. The predicted molar refractivity (Wildman–Crippen MR) is 49.4 cm³/mol. The molecule has 1 aliphatic heterocycles. The number of piperidine rings is 1. The molecule has 0 aromatic carbocycles. The van der Waals surface area contributed by atoms with Crippen LogP contribution in [0.25, 0.3) is 0 Å². The summed E-state index contributed by atoms with van der Waals surface area (Å²) in [5.74, 6) is 0.920. The first kappa shape index (κ1) is 9.05. The smallest absolute Gasteiger partial charge is 0.00161 e. The summed E-state index contributed by atoms with van der Waals surface area (Å²) >= 11 is 0. The van der Waals surface area contributed by atoms with Crippen molar-refractivity contribution in [3.8, 4) is 0 Å². The Morgan fingerprint density at radius 3 is 2.45 bits per heavy atom. The lowest BCUT2D eigenvalue weighted by atomic mass is 9.94. The maximum absolute atomic E-state index is 3.96. The van der Waals surface area contributed by atoms with Crippen molar-refractivity contribution < 1.29 is 0 Å². The number of likely N-dealkylation sites (tertiary alicyclic amines) is 1. The van der Waals surface area contributed by atoms with Gasteiger partial charge in [-0.2, -0.15) is 0 Å². The van der Waals surface area contributed by atoms with Gasteiger partial charge < -0.3 is 4.90 Å². The highest BCUT2D eigenvalue weighted by Crippen LogP contribution is 2.19. The van der Waals surface area contributed by atoms with Crippen LogP contribution in [0.3, 0.4) is 0 Å². The Kier molecular flexibility index (Phi) is 3.92. The fourth-order valence-electron chi connectivity index (χ4n) is 1.81. The Morgan fingerprint density at radius 2 is 2.00 bits per heavy atom. The molecule has 1 fully saturated rings. The Hall–Kier alpha value is -0.0400. The van der Waals surface area contributed by atoms with Crippen LogP contribution in [0.15, 0.2) is 0 Å². The van der Waals surface area contributed by atoms with Crippen molar-refractivity contribution in [3.63, 3.8) is 0 Å². The van der Waals surface area contributed by atoms with E-state index in [1.54, 1.807) is 0 Å². The molecule has 1 saturated heterocycles. The fraction of sp³-hybridized carbons (Fsp3) is 0.900. The minimum absolute atomic E-state index is 0.920. The molecule has 0 amide bonds. The molecule has 0 atom stereocenters. The Morgan fingerprint density at radius 1 is 1.36 bits per heavy atom. The summed E-state index contributed by atoms with van der Waals surface area (Å²) in [6.45, 7) is 10.1. The van der Waals surface area contributed by atoms with Gasteiger partial charge in [0, 0.05) is 0 Å². The molecule has 0 spiro atoms. The number of hydrogen-bond acceptors (Lipinski definition) is 1. The van der Waals surface area contributed by atoms with Crippen molar-refractivity contribution in [3.05, 3.63) is 6.92 Å². The SMILES string of the molecule is [CH2]CC1CCN(CCC)CC1. The van der Waals surface area contributed by atoms with Crippen LogP contribution < -0.4 is 0 Å². The van der Waals surface area contributed by atoms with Gasteiger partial charge in [0.25, 0.3) is 0 Å². The molecular weight excluding hydrogens is 134 g/mol. The molecule has 0 N–H and O–H groups in total. The molecule has 0 unspecified atom stereocenters. The summed E-state index contributed by atoms with van der Waals surface area (Å²) in [5, 5.41) is 0. The second-order valence-corrected chi connectivity index (χ2v) is 3.57. The zero-order valence-electron chi connectivity index (χ0n) is 7.68. The van der Waals surface area contributed by atoms with Gasteiger partial charge in [0.1, 0.15) is 0 Å². The van der Waals surface area contributed by atoms with Crippen molar-refractivity contribution in [1.82, 2.24) is 4.90 Å². The van der Waals surface area contributed by atoms with Crippen LogP contribution in [0.2, 0.25) is 0 Å². The summed E-state index contributed by atoms with van der Waals surface area (Å²) < 4.78 is 0. The van der Waals surface area contributed by atoms with E-state index in [1.807, 2.05) is 0 Å². The van der Waals surface area contributed by atoms with Gasteiger partial charge in [-0.3, -0.25) is 0 Å². The minimum Gasteiger partial charge on any atom is -0.303 e. The monoisotopic (exact) mass is 154 g/mol. The van der Waals surface area contributed by atoms with E-state index in [4.69, 9.17) is 0 Å². The third-order valence-electron chi connectivity index (χ3n) is 2.66. The average molecular weight is 154 g/mol. The number of nitrogens with zero attached hydrogens (tertiary/aromatic N) is 1. The topological polar surface area (TPSA) is 3.24 Å². The van der Waals surface area contributed by atoms with Gasteiger partial charge in [-0.15, -0.1) is 0 Å². The van der Waals surface area contributed by atoms with Gasteiger partial charge in [0.05, 0.1) is 0 Å². The van der Waals surface area contributed by atoms with E-state index in [0.717, 1.165) is 12.3 Å². The number of hydrogen-bond donors (Lipinski definition) is 0. The first-order chi connectivity index (χ1) is 5.36. The molecule has 1 aliphatic rings. The van der Waals surface area contributed by atoms with E-state index in [-0.39, 0.29) is 0 Å². The lowest BCUT2D eigenvalue weighted by molar-refractivity contribution is 0.185. The molecule has 1 radical (unpaired) electrons. The summed E-state index contributed by atoms with van der Waals surface area (Å²) in [6.07, 6.45) is 5.20. The third-order valence-corrected chi connectivity index (χ3v) is 2.66. The highest BCUT2D eigenvalue weighted by Gasteiger charge is 2.16. The van der Waals surface area contributed by atoms with Crippen LogP contribution in [0.1, 0.15) is 32.6 Å². The van der Waals surface area contributed by atoms with E-state index in [2.05, 4.69) is 18.7 Å². The maximum atomic E-state index is 3.96. The van der Waals surface area contributed by atoms with Crippen LogP contribution in [0.4, 0.5) is 0 Å². The lowest BCUT2D eigenvalue weighted by Gasteiger charge is -2.30. The maximum Gasteiger partial charge on any atom is -0.00161 e. The molecule has 65 valence electrons. The van der Waals surface area contributed by atoms with E-state index >= 15 is 0 Å². The highest BCUT2D eigenvalue weighted by molar-refractivity contribution is 4.72. The van der Waals surface area contributed by atoms with Crippen LogP contribution in [-0.2, 0) is 0 Å². The van der Waals surface area contributed by atoms with Crippen LogP contribution in [0, 0.1) is 12.8 Å². The van der Waals surface area contributed by atoms with Crippen LogP contribution in [0.5, 0.6) is 0 Å². The van der Waals surface area contributed by atoms with Crippen molar-refractivity contribution >= 4 is 0 Å². The molecule has 1 rings (SSSR count). The summed E-state index contributed by atoms with van der Waals surface area (Å²) in [4.78, 5) is 2.58. The van der Waals surface area contributed by atoms with E-state index < -0.39 is 0 Å². The summed E-state index contributed by atoms with van der Waals surface area (Å²) in [6, 6.07) is 0. The van der Waals surface area contributed by atoms with Gasteiger partial charge in [-0.05, 0) is 44.8 Å². The molecule has 1 heteroatoms. The van der Waals surface area contributed by atoms with Crippen molar-refractivity contribution in [2.24, 2.45) is 5.92 Å². The van der Waals surface area contributed by atoms with Gasteiger partial charge >= 0.3 is 0 Å². The van der Waals surface area contributed by atoms with Gasteiger partial charge in [-0.25, -0.2) is 0 Å². The quantitative estimate of drug-likeness (QED) is 0.603. The van der Waals surface area contributed by atoms with Crippen molar-refractivity contribution in [2.45, 2.75) is 32.6 Å². The third kappa shape index (κ3) is 2.82. The highest BCUT2D eigenvalue weighted by atomic mass is 15.1. The molecule has 1 nitrogen and oxygen atoms in total. The van der Waals surface area contributed by atoms with E-state index in [0.29, 0.717) is 0 Å². The van der Waals surface area contributed by atoms with Gasteiger partial charge in [0.15, 0.2) is 0 Å². The first-order valence-corrected chi connectivity index (χ1v) is 4.88. The second kappa shape index (κ2) is 4.76. The summed E-state index contributed by atoms with van der Waals surface area (Å²) in [5.41, 5.74) is 0. The Bertz CT molecular complexity index is 93.0. The summed E-state index contributed by atoms with van der Waals surface area (Å²) in [7, 11) is 0. The Balaban J connectivity index is 2.14. The first-order valence-electron chi connectivity index (χ1n) is 4.88. The Labute approximate surface area is 70.8 Å².